The van der Waals surface area contributed by atoms with Crippen molar-refractivity contribution < 1.29 is 0 Å². The van der Waals surface area contributed by atoms with Gasteiger partial charge in [-0.25, -0.2) is 0 Å². The Hall–Kier alpha value is -0.0800. The molecular formula is C15H30N2. The summed E-state index contributed by atoms with van der Waals surface area (Å²) in [5, 5.41) is 3.79. The van der Waals surface area contributed by atoms with Crippen molar-refractivity contribution in [1.82, 2.24) is 10.2 Å². The molecule has 0 radical (unpaired) electrons. The second-order valence-electron chi connectivity index (χ2n) is 6.84. The van der Waals surface area contributed by atoms with E-state index >= 15 is 0 Å². The topological polar surface area (TPSA) is 15.3 Å². The van der Waals surface area contributed by atoms with Crippen LogP contribution in [0.5, 0.6) is 0 Å². The summed E-state index contributed by atoms with van der Waals surface area (Å²) in [6.45, 7) is 14.3. The van der Waals surface area contributed by atoms with Gasteiger partial charge < -0.3 is 5.32 Å². The number of nitrogens with one attached hydrogen (secondary N) is 1. The summed E-state index contributed by atoms with van der Waals surface area (Å²) in [4.78, 5) is 2.79. The van der Waals surface area contributed by atoms with Crippen molar-refractivity contribution in [3.05, 3.63) is 0 Å². The van der Waals surface area contributed by atoms with Crippen LogP contribution in [0.3, 0.4) is 0 Å². The number of rotatable bonds is 4. The minimum atomic E-state index is 0.714. The Balaban J connectivity index is 2.03. The van der Waals surface area contributed by atoms with Crippen LogP contribution in [-0.4, -0.2) is 36.1 Å². The molecule has 2 rings (SSSR count). The molecule has 1 aliphatic carbocycles. The van der Waals surface area contributed by atoms with Crippen LogP contribution in [0, 0.1) is 17.8 Å². The zero-order chi connectivity index (χ0) is 12.6. The minimum absolute atomic E-state index is 0.714. The van der Waals surface area contributed by atoms with Gasteiger partial charge in [0.2, 0.25) is 0 Å². The van der Waals surface area contributed by atoms with Gasteiger partial charge >= 0.3 is 0 Å². The zero-order valence-electron chi connectivity index (χ0n) is 12.2. The lowest BCUT2D eigenvalue weighted by molar-refractivity contribution is 0.0396. The molecule has 100 valence electrons. The second-order valence-corrected chi connectivity index (χ2v) is 6.84. The third kappa shape index (κ3) is 3.03. The maximum absolute atomic E-state index is 3.79. The van der Waals surface area contributed by atoms with Gasteiger partial charge in [-0.1, -0.05) is 27.7 Å². The highest BCUT2D eigenvalue weighted by Crippen LogP contribution is 2.35. The predicted octanol–water partition coefficient (Wildman–Crippen LogP) is 2.74. The molecule has 0 amide bonds. The van der Waals surface area contributed by atoms with Gasteiger partial charge in [-0.3, -0.25) is 4.90 Å². The Morgan fingerprint density at radius 3 is 2.18 bits per heavy atom. The van der Waals surface area contributed by atoms with E-state index < -0.39 is 0 Å². The monoisotopic (exact) mass is 238 g/mol. The smallest absolute Gasteiger partial charge is 0.0247 e. The van der Waals surface area contributed by atoms with Crippen molar-refractivity contribution in [2.75, 3.05) is 13.1 Å². The molecule has 1 N–H and O–H groups in total. The van der Waals surface area contributed by atoms with Crippen LogP contribution in [0.15, 0.2) is 0 Å². The quantitative estimate of drug-likeness (QED) is 0.810. The summed E-state index contributed by atoms with van der Waals surface area (Å²) >= 11 is 0. The third-order valence-electron chi connectivity index (χ3n) is 4.87. The van der Waals surface area contributed by atoms with Crippen LogP contribution in [0.4, 0.5) is 0 Å². The molecule has 2 heteroatoms. The van der Waals surface area contributed by atoms with Gasteiger partial charge in [0.15, 0.2) is 0 Å². The Morgan fingerprint density at radius 1 is 1.06 bits per heavy atom. The molecule has 3 atom stereocenters. The number of nitrogens with zero attached hydrogens (tertiary/aromatic N) is 1. The van der Waals surface area contributed by atoms with Crippen LogP contribution in [0.1, 0.15) is 47.5 Å². The average Bonchev–Trinajstić information content (AvgIpc) is 3.10. The van der Waals surface area contributed by atoms with E-state index in [1.165, 1.54) is 25.9 Å². The van der Waals surface area contributed by atoms with Gasteiger partial charge in [0.05, 0.1) is 0 Å². The molecule has 2 nitrogen and oxygen atoms in total. The summed E-state index contributed by atoms with van der Waals surface area (Å²) < 4.78 is 0. The Labute approximate surface area is 107 Å². The molecule has 1 aliphatic heterocycles. The first kappa shape index (κ1) is 13.4. The largest absolute Gasteiger partial charge is 0.311 e. The zero-order valence-corrected chi connectivity index (χ0v) is 12.2. The maximum Gasteiger partial charge on any atom is 0.0247 e. The third-order valence-corrected chi connectivity index (χ3v) is 4.87. The standard InChI is InChI=1S/C15H30N2/c1-10(2)12(5)17-9-14(13-6-7-13)16-8-15(17)11(3)4/h10-16H,6-9H2,1-5H3. The minimum Gasteiger partial charge on any atom is -0.311 e. The SMILES string of the molecule is CC(C)C(C)N1CC(C2CC2)NCC1C(C)C. The highest BCUT2D eigenvalue weighted by atomic mass is 15.3. The van der Waals surface area contributed by atoms with Gasteiger partial charge in [0.1, 0.15) is 0 Å². The Kier molecular flexibility index (Phi) is 4.14. The summed E-state index contributed by atoms with van der Waals surface area (Å²) in [7, 11) is 0. The van der Waals surface area contributed by atoms with E-state index in [1.54, 1.807) is 0 Å². The fourth-order valence-corrected chi connectivity index (χ4v) is 3.10. The van der Waals surface area contributed by atoms with E-state index in [1.807, 2.05) is 0 Å². The average molecular weight is 238 g/mol. The summed E-state index contributed by atoms with van der Waals surface area (Å²) in [5.41, 5.74) is 0. The molecule has 1 saturated heterocycles. The van der Waals surface area contributed by atoms with E-state index in [0.717, 1.165) is 29.8 Å². The lowest BCUT2D eigenvalue weighted by Crippen LogP contribution is -2.61. The summed E-state index contributed by atoms with van der Waals surface area (Å²) in [5.74, 6) is 2.49. The molecule has 1 saturated carbocycles. The molecule has 2 fully saturated rings. The number of hydrogen-bond donors (Lipinski definition) is 1. The summed E-state index contributed by atoms with van der Waals surface area (Å²) in [6, 6.07) is 2.21. The molecule has 0 aromatic carbocycles. The molecule has 17 heavy (non-hydrogen) atoms. The number of hydrogen-bond acceptors (Lipinski definition) is 2. The fraction of sp³-hybridized carbons (Fsp3) is 1.00. The highest BCUT2D eigenvalue weighted by Gasteiger charge is 2.39. The number of piperazine rings is 1. The van der Waals surface area contributed by atoms with E-state index in [9.17, 15) is 0 Å². The molecule has 1 heterocycles. The second kappa shape index (κ2) is 5.27. The Morgan fingerprint density at radius 2 is 1.71 bits per heavy atom. The fourth-order valence-electron chi connectivity index (χ4n) is 3.10. The van der Waals surface area contributed by atoms with Crippen LogP contribution in [0.2, 0.25) is 0 Å². The van der Waals surface area contributed by atoms with E-state index in [-0.39, 0.29) is 0 Å². The van der Waals surface area contributed by atoms with Crippen molar-refractivity contribution in [1.29, 1.82) is 0 Å². The van der Waals surface area contributed by atoms with Crippen LogP contribution in [-0.2, 0) is 0 Å². The van der Waals surface area contributed by atoms with Gasteiger partial charge in [0, 0.05) is 31.2 Å². The van der Waals surface area contributed by atoms with Gasteiger partial charge in [-0.05, 0) is 37.5 Å². The molecule has 0 spiro atoms. The molecule has 2 aliphatic rings. The predicted molar refractivity (Wildman–Crippen MR) is 74.1 cm³/mol. The van der Waals surface area contributed by atoms with Crippen molar-refractivity contribution >= 4 is 0 Å². The van der Waals surface area contributed by atoms with E-state index in [0.29, 0.717) is 6.04 Å². The first-order chi connectivity index (χ1) is 8.00. The lowest BCUT2D eigenvalue weighted by atomic mass is 9.92. The van der Waals surface area contributed by atoms with Crippen LogP contribution >= 0.6 is 0 Å². The van der Waals surface area contributed by atoms with Crippen LogP contribution < -0.4 is 5.32 Å². The molecular weight excluding hydrogens is 208 g/mol. The van der Waals surface area contributed by atoms with E-state index in [2.05, 4.69) is 44.8 Å². The maximum atomic E-state index is 3.79. The first-order valence-electron chi connectivity index (χ1n) is 7.49. The lowest BCUT2D eigenvalue weighted by Gasteiger charge is -2.47. The summed E-state index contributed by atoms with van der Waals surface area (Å²) in [6.07, 6.45) is 2.90. The molecule has 3 unspecified atom stereocenters. The highest BCUT2D eigenvalue weighted by molar-refractivity contribution is 4.96. The van der Waals surface area contributed by atoms with Gasteiger partial charge in [0.25, 0.3) is 0 Å². The molecule has 0 aromatic heterocycles. The van der Waals surface area contributed by atoms with E-state index in [4.69, 9.17) is 0 Å². The first-order valence-corrected chi connectivity index (χ1v) is 7.49. The molecule has 0 aromatic rings. The van der Waals surface area contributed by atoms with Crippen molar-refractivity contribution in [3.8, 4) is 0 Å². The van der Waals surface area contributed by atoms with Crippen molar-refractivity contribution in [2.24, 2.45) is 17.8 Å². The van der Waals surface area contributed by atoms with Crippen molar-refractivity contribution in [3.63, 3.8) is 0 Å². The molecule has 0 bridgehead atoms. The van der Waals surface area contributed by atoms with Gasteiger partial charge in [-0.2, -0.15) is 0 Å². The van der Waals surface area contributed by atoms with Crippen molar-refractivity contribution in [2.45, 2.75) is 65.6 Å². The van der Waals surface area contributed by atoms with Crippen LogP contribution in [0.25, 0.3) is 0 Å². The Bertz CT molecular complexity index is 245. The van der Waals surface area contributed by atoms with Gasteiger partial charge in [-0.15, -0.1) is 0 Å². The normalized spacial score (nSPS) is 33.4.